The summed E-state index contributed by atoms with van der Waals surface area (Å²) in [7, 11) is 4.99. The minimum absolute atomic E-state index is 0.0432. The molecule has 6 nitrogen and oxygen atoms in total. The zero-order valence-electron chi connectivity index (χ0n) is 13.9. The number of likely N-dealkylation sites (N-methyl/N-ethyl adjacent to an activating group) is 2. The van der Waals surface area contributed by atoms with Crippen molar-refractivity contribution in [2.75, 3.05) is 33.0 Å². The lowest BCUT2D eigenvalue weighted by Gasteiger charge is -2.23. The molecule has 24 heavy (non-hydrogen) atoms. The molecule has 0 aliphatic rings. The number of hydrogen-bond donors (Lipinski definition) is 2. The molecule has 2 N–H and O–H groups in total. The van der Waals surface area contributed by atoms with E-state index in [1.54, 1.807) is 28.1 Å². The standard InChI is InChI=1S/C15H20F3N3O3/c1-10(14(23)20(2)3)21(4)9-13(22)19-11-5-7-12(8-6-11)24-15(16,17)18/h5-8,10H,9H2,1-4H3,(H,19,22)/p+1/t10-/m1/s1. The van der Waals surface area contributed by atoms with Gasteiger partial charge in [0.2, 0.25) is 0 Å². The lowest BCUT2D eigenvalue weighted by atomic mass is 10.2. The van der Waals surface area contributed by atoms with Gasteiger partial charge in [-0.2, -0.15) is 0 Å². The summed E-state index contributed by atoms with van der Waals surface area (Å²) in [5, 5.41) is 2.56. The van der Waals surface area contributed by atoms with Gasteiger partial charge in [0.25, 0.3) is 11.8 Å². The second kappa shape index (κ2) is 8.00. The number of amides is 2. The Morgan fingerprint density at radius 3 is 2.25 bits per heavy atom. The number of nitrogens with one attached hydrogen (secondary N) is 2. The summed E-state index contributed by atoms with van der Waals surface area (Å²) in [5.41, 5.74) is 0.342. The molecule has 0 aromatic heterocycles. The van der Waals surface area contributed by atoms with Crippen molar-refractivity contribution in [1.29, 1.82) is 0 Å². The summed E-state index contributed by atoms with van der Waals surface area (Å²) in [6.45, 7) is 1.76. The average Bonchev–Trinajstić information content (AvgIpc) is 2.45. The molecule has 0 heterocycles. The van der Waals surface area contributed by atoms with E-state index in [-0.39, 0.29) is 24.1 Å². The first-order valence-electron chi connectivity index (χ1n) is 7.18. The monoisotopic (exact) mass is 348 g/mol. The SMILES string of the molecule is C[C@H](C(=O)N(C)C)[NH+](C)CC(=O)Nc1ccc(OC(F)(F)F)cc1. The number of carbonyl (C=O) groups excluding carboxylic acids is 2. The minimum atomic E-state index is -4.76. The topological polar surface area (TPSA) is 63.1 Å². The van der Waals surface area contributed by atoms with Crippen LogP contribution < -0.4 is 15.0 Å². The number of nitrogens with zero attached hydrogens (tertiary/aromatic N) is 1. The molecule has 0 saturated heterocycles. The highest BCUT2D eigenvalue weighted by Crippen LogP contribution is 2.23. The van der Waals surface area contributed by atoms with Crippen LogP contribution in [-0.2, 0) is 9.59 Å². The fraction of sp³-hybridized carbons (Fsp3) is 0.467. The van der Waals surface area contributed by atoms with Crippen LogP contribution in [-0.4, -0.2) is 56.8 Å². The van der Waals surface area contributed by atoms with Gasteiger partial charge in [0.1, 0.15) is 5.75 Å². The largest absolute Gasteiger partial charge is 0.573 e. The smallest absolute Gasteiger partial charge is 0.406 e. The fourth-order valence-electron chi connectivity index (χ4n) is 1.95. The van der Waals surface area contributed by atoms with Crippen LogP contribution in [0.25, 0.3) is 0 Å². The molecular weight excluding hydrogens is 327 g/mol. The first-order chi connectivity index (χ1) is 11.0. The molecule has 0 saturated carbocycles. The third kappa shape index (κ3) is 6.45. The van der Waals surface area contributed by atoms with E-state index < -0.39 is 12.4 Å². The molecule has 2 amide bonds. The first kappa shape index (κ1) is 19.8. The molecule has 1 rings (SSSR count). The Morgan fingerprint density at radius 1 is 1.25 bits per heavy atom. The van der Waals surface area contributed by atoms with Crippen molar-refractivity contribution in [1.82, 2.24) is 4.90 Å². The van der Waals surface area contributed by atoms with E-state index in [2.05, 4.69) is 10.1 Å². The van der Waals surface area contributed by atoms with Gasteiger partial charge in [-0.25, -0.2) is 0 Å². The Bertz CT molecular complexity index is 574. The maximum atomic E-state index is 12.1. The normalized spacial score (nSPS) is 13.8. The van der Waals surface area contributed by atoms with Crippen molar-refractivity contribution >= 4 is 17.5 Å². The molecule has 0 fully saturated rings. The molecule has 1 aromatic rings. The van der Waals surface area contributed by atoms with Gasteiger partial charge in [-0.1, -0.05) is 0 Å². The van der Waals surface area contributed by atoms with Crippen LogP contribution in [0.15, 0.2) is 24.3 Å². The number of carbonyl (C=O) groups is 2. The molecule has 9 heteroatoms. The molecule has 2 atom stereocenters. The van der Waals surface area contributed by atoms with Crippen molar-refractivity contribution in [2.45, 2.75) is 19.3 Å². The molecule has 0 bridgehead atoms. The number of quaternary nitrogens is 1. The van der Waals surface area contributed by atoms with E-state index in [1.165, 1.54) is 17.0 Å². The number of rotatable bonds is 6. The van der Waals surface area contributed by atoms with Gasteiger partial charge in [0, 0.05) is 19.8 Å². The van der Waals surface area contributed by atoms with Gasteiger partial charge in [-0.05, 0) is 31.2 Å². The summed E-state index contributed by atoms with van der Waals surface area (Å²) < 4.78 is 39.9. The van der Waals surface area contributed by atoms with E-state index in [0.717, 1.165) is 12.1 Å². The summed E-state index contributed by atoms with van der Waals surface area (Å²) in [4.78, 5) is 26.0. The Morgan fingerprint density at radius 2 is 1.79 bits per heavy atom. The number of alkyl halides is 3. The van der Waals surface area contributed by atoms with Gasteiger partial charge < -0.3 is 19.9 Å². The predicted octanol–water partition coefficient (Wildman–Crippen LogP) is 0.515. The fourth-order valence-corrected chi connectivity index (χ4v) is 1.95. The van der Waals surface area contributed by atoms with Crippen LogP contribution in [0.1, 0.15) is 6.92 Å². The zero-order chi connectivity index (χ0) is 18.5. The Labute approximate surface area is 138 Å². The molecular formula is C15H21F3N3O3+. The molecule has 1 unspecified atom stereocenters. The van der Waals surface area contributed by atoms with Crippen LogP contribution in [0.4, 0.5) is 18.9 Å². The predicted molar refractivity (Wildman–Crippen MR) is 81.7 cm³/mol. The molecule has 0 aliphatic carbocycles. The van der Waals surface area contributed by atoms with E-state index >= 15 is 0 Å². The maximum absolute atomic E-state index is 12.1. The van der Waals surface area contributed by atoms with Gasteiger partial charge in [-0.15, -0.1) is 13.2 Å². The van der Waals surface area contributed by atoms with E-state index in [0.29, 0.717) is 10.6 Å². The van der Waals surface area contributed by atoms with Crippen molar-refractivity contribution in [3.05, 3.63) is 24.3 Å². The summed E-state index contributed by atoms with van der Waals surface area (Å²) in [6, 6.07) is 4.44. The molecule has 1 aromatic carbocycles. The van der Waals surface area contributed by atoms with Crippen molar-refractivity contribution in [2.24, 2.45) is 0 Å². The number of hydrogen-bond acceptors (Lipinski definition) is 3. The highest BCUT2D eigenvalue weighted by Gasteiger charge is 2.31. The van der Waals surface area contributed by atoms with Crippen LogP contribution in [0.2, 0.25) is 0 Å². The zero-order valence-corrected chi connectivity index (χ0v) is 13.9. The van der Waals surface area contributed by atoms with E-state index in [4.69, 9.17) is 0 Å². The Balaban J connectivity index is 2.57. The van der Waals surface area contributed by atoms with E-state index in [1.807, 2.05) is 0 Å². The lowest BCUT2D eigenvalue weighted by molar-refractivity contribution is -0.886. The number of anilines is 1. The molecule has 0 radical (unpaired) electrons. The highest BCUT2D eigenvalue weighted by atomic mass is 19.4. The molecule has 134 valence electrons. The molecule has 0 spiro atoms. The Hall–Kier alpha value is -2.29. The lowest BCUT2D eigenvalue weighted by Crippen LogP contribution is -3.15. The maximum Gasteiger partial charge on any atom is 0.573 e. The van der Waals surface area contributed by atoms with Crippen LogP contribution in [0, 0.1) is 0 Å². The van der Waals surface area contributed by atoms with Crippen LogP contribution >= 0.6 is 0 Å². The summed E-state index contributed by atoms with van der Waals surface area (Å²) in [5.74, 6) is -0.821. The second-order valence-electron chi connectivity index (χ2n) is 5.60. The van der Waals surface area contributed by atoms with Gasteiger partial charge >= 0.3 is 6.36 Å². The van der Waals surface area contributed by atoms with Crippen molar-refractivity contribution in [3.63, 3.8) is 0 Å². The quantitative estimate of drug-likeness (QED) is 0.788. The highest BCUT2D eigenvalue weighted by molar-refractivity contribution is 5.91. The van der Waals surface area contributed by atoms with Crippen LogP contribution in [0.3, 0.4) is 0 Å². The van der Waals surface area contributed by atoms with Crippen molar-refractivity contribution in [3.8, 4) is 5.75 Å². The van der Waals surface area contributed by atoms with Crippen molar-refractivity contribution < 1.29 is 32.4 Å². The van der Waals surface area contributed by atoms with Crippen LogP contribution in [0.5, 0.6) is 5.75 Å². The Kier molecular flexibility index (Phi) is 6.59. The number of halogens is 3. The summed E-state index contributed by atoms with van der Waals surface area (Å²) in [6.07, 6.45) is -4.76. The second-order valence-corrected chi connectivity index (χ2v) is 5.60. The molecule has 0 aliphatic heterocycles. The third-order valence-electron chi connectivity index (χ3n) is 3.36. The summed E-state index contributed by atoms with van der Waals surface area (Å²) >= 11 is 0. The van der Waals surface area contributed by atoms with E-state index in [9.17, 15) is 22.8 Å². The number of ether oxygens (including phenoxy) is 1. The minimum Gasteiger partial charge on any atom is -0.406 e. The third-order valence-corrected chi connectivity index (χ3v) is 3.36. The van der Waals surface area contributed by atoms with Gasteiger partial charge in [-0.3, -0.25) is 9.59 Å². The first-order valence-corrected chi connectivity index (χ1v) is 7.18. The number of benzene rings is 1. The van der Waals surface area contributed by atoms with Gasteiger partial charge in [0.05, 0.1) is 7.05 Å². The van der Waals surface area contributed by atoms with Gasteiger partial charge in [0.15, 0.2) is 12.6 Å². The average molecular weight is 348 g/mol.